The van der Waals surface area contributed by atoms with Gasteiger partial charge in [-0.2, -0.15) is 0 Å². The van der Waals surface area contributed by atoms with Crippen molar-refractivity contribution in [2.45, 2.75) is 37.9 Å². The highest BCUT2D eigenvalue weighted by Crippen LogP contribution is 2.29. The van der Waals surface area contributed by atoms with Gasteiger partial charge in [0.05, 0.1) is 0 Å². The largest absolute Gasteiger partial charge is 0.308 e. The van der Waals surface area contributed by atoms with Crippen molar-refractivity contribution in [2.24, 2.45) is 5.84 Å². The molecule has 5 heteroatoms. The molecule has 0 spiro atoms. The Kier molecular flexibility index (Phi) is 3.68. The number of hydrogen-bond acceptors (Lipinski definition) is 5. The maximum atomic E-state index is 5.41. The van der Waals surface area contributed by atoms with Gasteiger partial charge in [-0.3, -0.25) is 9.80 Å². The Bertz CT molecular complexity index is 436. The Morgan fingerprint density at radius 3 is 3.05 bits per heavy atom. The van der Waals surface area contributed by atoms with E-state index >= 15 is 0 Å². The minimum Gasteiger partial charge on any atom is -0.308 e. The molecule has 0 saturated carbocycles. The van der Waals surface area contributed by atoms with Crippen molar-refractivity contribution in [1.82, 2.24) is 14.8 Å². The zero-order chi connectivity index (χ0) is 13.2. The van der Waals surface area contributed by atoms with Crippen LogP contribution < -0.4 is 11.3 Å². The Morgan fingerprint density at radius 1 is 1.37 bits per heavy atom. The lowest BCUT2D eigenvalue weighted by molar-refractivity contribution is 0.214. The van der Waals surface area contributed by atoms with Crippen LogP contribution in [0.2, 0.25) is 0 Å². The second kappa shape index (κ2) is 5.45. The van der Waals surface area contributed by atoms with E-state index in [4.69, 9.17) is 5.84 Å². The Morgan fingerprint density at radius 2 is 2.21 bits per heavy atom. The molecule has 3 heterocycles. The maximum absolute atomic E-state index is 5.41. The second-order valence-electron chi connectivity index (χ2n) is 5.77. The van der Waals surface area contributed by atoms with Crippen LogP contribution in [0.1, 0.15) is 24.8 Å². The van der Waals surface area contributed by atoms with E-state index in [0.29, 0.717) is 0 Å². The van der Waals surface area contributed by atoms with Crippen LogP contribution in [0, 0.1) is 0 Å². The molecule has 2 saturated heterocycles. The molecule has 5 nitrogen and oxygen atoms in total. The molecule has 2 unspecified atom stereocenters. The van der Waals surface area contributed by atoms with E-state index in [-0.39, 0.29) is 0 Å². The monoisotopic (exact) mass is 261 g/mol. The van der Waals surface area contributed by atoms with Gasteiger partial charge in [0.25, 0.3) is 0 Å². The van der Waals surface area contributed by atoms with Gasteiger partial charge in [-0.15, -0.1) is 0 Å². The van der Waals surface area contributed by atoms with E-state index in [0.717, 1.165) is 24.4 Å². The zero-order valence-corrected chi connectivity index (χ0v) is 11.5. The SMILES string of the molecule is CN1C2CCC1CN(Cc1ccnc(NN)c1)CC2. The van der Waals surface area contributed by atoms with Gasteiger partial charge in [-0.05, 0) is 44.0 Å². The molecule has 1 aromatic rings. The maximum Gasteiger partial charge on any atom is 0.140 e. The Labute approximate surface area is 114 Å². The summed E-state index contributed by atoms with van der Waals surface area (Å²) in [4.78, 5) is 9.31. The van der Waals surface area contributed by atoms with Crippen molar-refractivity contribution in [3.63, 3.8) is 0 Å². The summed E-state index contributed by atoms with van der Waals surface area (Å²) >= 11 is 0. The van der Waals surface area contributed by atoms with Crippen LogP contribution in [-0.2, 0) is 6.54 Å². The molecule has 3 rings (SSSR count). The van der Waals surface area contributed by atoms with Gasteiger partial charge in [0.2, 0.25) is 0 Å². The normalized spacial score (nSPS) is 28.3. The van der Waals surface area contributed by atoms with Gasteiger partial charge in [-0.25, -0.2) is 10.8 Å². The number of hydrogen-bond donors (Lipinski definition) is 2. The van der Waals surface area contributed by atoms with Gasteiger partial charge < -0.3 is 5.43 Å². The summed E-state index contributed by atoms with van der Waals surface area (Å²) < 4.78 is 0. The fourth-order valence-electron chi connectivity index (χ4n) is 3.43. The number of nitrogens with two attached hydrogens (primary N) is 1. The van der Waals surface area contributed by atoms with Gasteiger partial charge in [0.15, 0.2) is 0 Å². The van der Waals surface area contributed by atoms with E-state index in [9.17, 15) is 0 Å². The third kappa shape index (κ3) is 2.73. The third-order valence-corrected chi connectivity index (χ3v) is 4.61. The molecule has 104 valence electrons. The van der Waals surface area contributed by atoms with Crippen molar-refractivity contribution < 1.29 is 0 Å². The number of aromatic nitrogens is 1. The zero-order valence-electron chi connectivity index (χ0n) is 11.5. The summed E-state index contributed by atoms with van der Waals surface area (Å²) in [6, 6.07) is 5.65. The Hall–Kier alpha value is -1.17. The number of likely N-dealkylation sites (N-methyl/N-ethyl adjacent to an activating group) is 1. The summed E-state index contributed by atoms with van der Waals surface area (Å²) in [5.74, 6) is 6.15. The lowest BCUT2D eigenvalue weighted by atomic mass is 10.1. The topological polar surface area (TPSA) is 57.4 Å². The highest BCUT2D eigenvalue weighted by Gasteiger charge is 2.34. The van der Waals surface area contributed by atoms with Crippen molar-refractivity contribution in [3.05, 3.63) is 23.9 Å². The summed E-state index contributed by atoms with van der Waals surface area (Å²) in [6.45, 7) is 3.37. The first-order valence-electron chi connectivity index (χ1n) is 7.12. The first-order chi connectivity index (χ1) is 9.26. The number of likely N-dealkylation sites (tertiary alicyclic amines) is 1. The van der Waals surface area contributed by atoms with Gasteiger partial charge >= 0.3 is 0 Å². The number of pyridine rings is 1. The number of rotatable bonds is 3. The van der Waals surface area contributed by atoms with Crippen LogP contribution in [0.15, 0.2) is 18.3 Å². The smallest absolute Gasteiger partial charge is 0.140 e. The van der Waals surface area contributed by atoms with Crippen molar-refractivity contribution in [2.75, 3.05) is 25.6 Å². The number of nitrogens with zero attached hydrogens (tertiary/aromatic N) is 3. The fraction of sp³-hybridized carbons (Fsp3) is 0.643. The van der Waals surface area contributed by atoms with Gasteiger partial charge in [0.1, 0.15) is 5.82 Å². The number of nitrogen functional groups attached to an aromatic ring is 1. The molecule has 0 aromatic carbocycles. The molecular formula is C14H23N5. The quantitative estimate of drug-likeness (QED) is 0.629. The van der Waals surface area contributed by atoms with Crippen LogP contribution in [0.5, 0.6) is 0 Å². The number of nitrogens with one attached hydrogen (secondary N) is 1. The predicted molar refractivity (Wildman–Crippen MR) is 76.5 cm³/mol. The number of fused-ring (bicyclic) bond motifs is 2. The number of anilines is 1. The molecule has 2 atom stereocenters. The highest BCUT2D eigenvalue weighted by atomic mass is 15.3. The van der Waals surface area contributed by atoms with E-state index < -0.39 is 0 Å². The van der Waals surface area contributed by atoms with Crippen molar-refractivity contribution in [1.29, 1.82) is 0 Å². The minimum absolute atomic E-state index is 0.737. The second-order valence-corrected chi connectivity index (χ2v) is 5.77. The molecule has 3 N–H and O–H groups in total. The van der Waals surface area contributed by atoms with Crippen LogP contribution in [0.3, 0.4) is 0 Å². The summed E-state index contributed by atoms with van der Waals surface area (Å²) in [6.07, 6.45) is 5.84. The first kappa shape index (κ1) is 12.8. The molecule has 0 radical (unpaired) electrons. The standard InChI is InChI=1S/C14H23N5/c1-18-12-2-3-13(18)10-19(7-5-12)9-11-4-6-16-14(8-11)17-15/h4,6,8,12-13H,2-3,5,7,9-10,15H2,1H3,(H,16,17). The lowest BCUT2D eigenvalue weighted by Crippen LogP contribution is -2.36. The van der Waals surface area contributed by atoms with Crippen LogP contribution >= 0.6 is 0 Å². The summed E-state index contributed by atoms with van der Waals surface area (Å²) in [5, 5.41) is 0. The van der Waals surface area contributed by atoms with Crippen LogP contribution in [0.4, 0.5) is 5.82 Å². The molecular weight excluding hydrogens is 238 g/mol. The Balaban J connectivity index is 1.66. The van der Waals surface area contributed by atoms with E-state index in [1.807, 2.05) is 12.3 Å². The lowest BCUT2D eigenvalue weighted by Gasteiger charge is -2.25. The van der Waals surface area contributed by atoms with E-state index in [1.54, 1.807) is 0 Å². The van der Waals surface area contributed by atoms with E-state index in [1.165, 1.54) is 37.9 Å². The predicted octanol–water partition coefficient (Wildman–Crippen LogP) is 1.04. The molecule has 0 aliphatic carbocycles. The van der Waals surface area contributed by atoms with E-state index in [2.05, 4.69) is 33.3 Å². The third-order valence-electron chi connectivity index (χ3n) is 4.61. The molecule has 2 fully saturated rings. The van der Waals surface area contributed by atoms with Crippen molar-refractivity contribution >= 4 is 5.82 Å². The fourth-order valence-corrected chi connectivity index (χ4v) is 3.43. The van der Waals surface area contributed by atoms with Crippen molar-refractivity contribution in [3.8, 4) is 0 Å². The molecule has 1 aromatic heterocycles. The highest BCUT2D eigenvalue weighted by molar-refractivity contribution is 5.35. The van der Waals surface area contributed by atoms with Crippen LogP contribution in [0.25, 0.3) is 0 Å². The molecule has 2 aliphatic rings. The van der Waals surface area contributed by atoms with Gasteiger partial charge in [-0.1, -0.05) is 0 Å². The molecule has 19 heavy (non-hydrogen) atoms. The minimum atomic E-state index is 0.737. The molecule has 2 bridgehead atoms. The molecule has 0 amide bonds. The molecule has 2 aliphatic heterocycles. The van der Waals surface area contributed by atoms with Crippen LogP contribution in [-0.4, -0.2) is 47.0 Å². The first-order valence-corrected chi connectivity index (χ1v) is 7.12. The average Bonchev–Trinajstić information content (AvgIpc) is 2.67. The average molecular weight is 261 g/mol. The number of hydrazine groups is 1. The van der Waals surface area contributed by atoms with Gasteiger partial charge in [0, 0.05) is 37.9 Å². The summed E-state index contributed by atoms with van der Waals surface area (Å²) in [5.41, 5.74) is 3.89. The summed E-state index contributed by atoms with van der Waals surface area (Å²) in [7, 11) is 2.29.